The second kappa shape index (κ2) is 11.1. The molecule has 0 amide bonds. The Labute approximate surface area is 147 Å². The van der Waals surface area contributed by atoms with Gasteiger partial charge in [0.25, 0.3) is 0 Å². The van der Waals surface area contributed by atoms with Crippen molar-refractivity contribution in [2.24, 2.45) is 0 Å². The van der Waals surface area contributed by atoms with Crippen LogP contribution in [0.15, 0.2) is 30.8 Å². The minimum absolute atomic E-state index is 0.836. The summed E-state index contributed by atoms with van der Waals surface area (Å²) in [6, 6.07) is 8.09. The van der Waals surface area contributed by atoms with Gasteiger partial charge in [0.1, 0.15) is 0 Å². The molecular formula is C21H34OSn. The van der Waals surface area contributed by atoms with E-state index in [1.165, 1.54) is 55.4 Å². The monoisotopic (exact) mass is 422 g/mol. The van der Waals surface area contributed by atoms with Crippen LogP contribution in [0.1, 0.15) is 75.2 Å². The number of carbonyl (C=O) groups excluding carboxylic acids is 1. The molecule has 128 valence electrons. The number of hydrogen-bond acceptors (Lipinski definition) is 1. The van der Waals surface area contributed by atoms with Gasteiger partial charge in [-0.15, -0.1) is 0 Å². The molecule has 0 spiro atoms. The Balaban J connectivity index is 3.21. The average molecular weight is 421 g/mol. The van der Waals surface area contributed by atoms with Gasteiger partial charge in [0.15, 0.2) is 0 Å². The molecule has 1 aromatic carbocycles. The molecule has 0 aliphatic rings. The van der Waals surface area contributed by atoms with E-state index in [0.29, 0.717) is 0 Å². The fraction of sp³-hybridized carbons (Fsp3) is 0.571. The molecule has 0 aliphatic heterocycles. The first-order valence-corrected chi connectivity index (χ1v) is 16.9. The Morgan fingerprint density at radius 2 is 1.43 bits per heavy atom. The van der Waals surface area contributed by atoms with Gasteiger partial charge < -0.3 is 0 Å². The number of hydrogen-bond donors (Lipinski definition) is 0. The zero-order chi connectivity index (χ0) is 17.1. The van der Waals surface area contributed by atoms with Crippen molar-refractivity contribution in [2.75, 3.05) is 0 Å². The molecule has 0 N–H and O–H groups in total. The van der Waals surface area contributed by atoms with Crippen molar-refractivity contribution in [1.29, 1.82) is 0 Å². The predicted octanol–water partition coefficient (Wildman–Crippen LogP) is 6.90. The van der Waals surface area contributed by atoms with E-state index in [9.17, 15) is 4.79 Å². The molecule has 2 heteroatoms. The number of rotatable bonds is 12. The summed E-state index contributed by atoms with van der Waals surface area (Å²) < 4.78 is 5.60. The molecule has 0 fully saturated rings. The molecule has 1 nitrogen and oxygen atoms in total. The molecule has 0 saturated heterocycles. The van der Waals surface area contributed by atoms with Gasteiger partial charge in [0, 0.05) is 0 Å². The maximum absolute atomic E-state index is 11.5. The fourth-order valence-electron chi connectivity index (χ4n) is 3.53. The van der Waals surface area contributed by atoms with Gasteiger partial charge in [-0.05, 0) is 0 Å². The van der Waals surface area contributed by atoms with E-state index in [1.54, 1.807) is 0 Å². The van der Waals surface area contributed by atoms with Gasteiger partial charge >= 0.3 is 148 Å². The molecule has 0 unspecified atom stereocenters. The van der Waals surface area contributed by atoms with Crippen LogP contribution in [0.25, 0.3) is 3.59 Å². The summed E-state index contributed by atoms with van der Waals surface area (Å²) >= 11 is -2.50. The normalized spacial score (nSPS) is 11.4. The average Bonchev–Trinajstić information content (AvgIpc) is 2.60. The molecule has 1 rings (SSSR count). The summed E-state index contributed by atoms with van der Waals surface area (Å²) in [5.41, 5.74) is 1.99. The van der Waals surface area contributed by atoms with Crippen LogP contribution < -0.4 is 0 Å². The second-order valence-electron chi connectivity index (χ2n) is 6.77. The van der Waals surface area contributed by atoms with E-state index in [4.69, 9.17) is 0 Å². The Kier molecular flexibility index (Phi) is 9.85. The molecule has 23 heavy (non-hydrogen) atoms. The molecule has 1 aromatic rings. The Bertz CT molecular complexity index is 471. The van der Waals surface area contributed by atoms with Crippen molar-refractivity contribution in [3.8, 4) is 0 Å². The standard InChI is InChI=1S/C9H7O.3C4H9.Sn/c1-2-8-5-3-4-6-9(8)7-10;3*1-3-4-2;/h3-7H,1H2;3*1,3-4H2,2H3;. The van der Waals surface area contributed by atoms with Gasteiger partial charge in [-0.3, -0.25) is 0 Å². The maximum atomic E-state index is 11.5. The zero-order valence-electron chi connectivity index (χ0n) is 15.4. The number of aldehydes is 1. The van der Waals surface area contributed by atoms with E-state index >= 15 is 0 Å². The van der Waals surface area contributed by atoms with Gasteiger partial charge in [-0.1, -0.05) is 0 Å². The van der Waals surface area contributed by atoms with Crippen molar-refractivity contribution < 1.29 is 4.79 Å². The summed E-state index contributed by atoms with van der Waals surface area (Å²) in [6.07, 6.45) is 8.78. The van der Waals surface area contributed by atoms with Gasteiger partial charge in [0.2, 0.25) is 0 Å². The van der Waals surface area contributed by atoms with Gasteiger partial charge in [-0.25, -0.2) is 0 Å². The second-order valence-corrected chi connectivity index (χ2v) is 20.1. The zero-order valence-corrected chi connectivity index (χ0v) is 18.2. The third-order valence-corrected chi connectivity index (χ3v) is 20.7. The Morgan fingerprint density at radius 1 is 0.957 bits per heavy atom. The molecule has 0 aliphatic carbocycles. The summed E-state index contributed by atoms with van der Waals surface area (Å²) in [6.45, 7) is 11.5. The van der Waals surface area contributed by atoms with Crippen molar-refractivity contribution in [2.45, 2.75) is 72.6 Å². The summed E-state index contributed by atoms with van der Waals surface area (Å²) in [5, 5.41) is 0. The van der Waals surface area contributed by atoms with Crippen LogP contribution >= 0.6 is 0 Å². The van der Waals surface area contributed by atoms with E-state index in [-0.39, 0.29) is 0 Å². The molecule has 0 aromatic heterocycles. The van der Waals surface area contributed by atoms with Crippen LogP contribution in [0.5, 0.6) is 0 Å². The van der Waals surface area contributed by atoms with Gasteiger partial charge in [0.05, 0.1) is 0 Å². The van der Waals surface area contributed by atoms with E-state index in [0.717, 1.165) is 17.4 Å². The van der Waals surface area contributed by atoms with Gasteiger partial charge in [-0.2, -0.15) is 0 Å². The first-order chi connectivity index (χ1) is 11.1. The molecule has 0 atom stereocenters. The van der Waals surface area contributed by atoms with Crippen LogP contribution in [0.3, 0.4) is 0 Å². The van der Waals surface area contributed by atoms with E-state index in [1.807, 2.05) is 12.1 Å². The first kappa shape index (κ1) is 20.5. The number of unbranched alkanes of at least 4 members (excludes halogenated alkanes) is 3. The SMILES string of the molecule is C=[C](c1ccccc1C=O)[Sn]([CH2]CCC)([CH2]CCC)[CH2]CCC. The third kappa shape index (κ3) is 5.77. The quantitative estimate of drug-likeness (QED) is 0.265. The molecule has 0 radical (unpaired) electrons. The van der Waals surface area contributed by atoms with Crippen LogP contribution in [0.4, 0.5) is 0 Å². The minimum atomic E-state index is -2.50. The van der Waals surface area contributed by atoms with Crippen molar-refractivity contribution in [1.82, 2.24) is 0 Å². The summed E-state index contributed by atoms with van der Waals surface area (Å²) in [4.78, 5) is 11.5. The van der Waals surface area contributed by atoms with Crippen LogP contribution in [-0.2, 0) is 0 Å². The number of carbonyl (C=O) groups is 1. The Morgan fingerprint density at radius 3 is 1.87 bits per heavy atom. The molecular weight excluding hydrogens is 387 g/mol. The van der Waals surface area contributed by atoms with E-state index < -0.39 is 18.4 Å². The molecule has 0 heterocycles. The number of benzene rings is 1. The van der Waals surface area contributed by atoms with Crippen LogP contribution in [0.2, 0.25) is 13.3 Å². The van der Waals surface area contributed by atoms with Crippen LogP contribution in [0, 0.1) is 0 Å². The molecule has 0 saturated carbocycles. The fourth-order valence-corrected chi connectivity index (χ4v) is 19.4. The van der Waals surface area contributed by atoms with Crippen molar-refractivity contribution >= 4 is 28.3 Å². The van der Waals surface area contributed by atoms with Crippen LogP contribution in [-0.4, -0.2) is 24.7 Å². The van der Waals surface area contributed by atoms with E-state index in [2.05, 4.69) is 39.5 Å². The Hall–Kier alpha value is -0.571. The first-order valence-electron chi connectivity index (χ1n) is 9.39. The third-order valence-electron chi connectivity index (χ3n) is 5.08. The summed E-state index contributed by atoms with van der Waals surface area (Å²) in [7, 11) is 0. The summed E-state index contributed by atoms with van der Waals surface area (Å²) in [5.74, 6) is 0. The topological polar surface area (TPSA) is 17.1 Å². The predicted molar refractivity (Wildman–Crippen MR) is 106 cm³/mol. The van der Waals surface area contributed by atoms with Crippen molar-refractivity contribution in [3.05, 3.63) is 42.0 Å². The van der Waals surface area contributed by atoms with Crippen molar-refractivity contribution in [3.63, 3.8) is 0 Å². The molecule has 0 bridgehead atoms.